The Morgan fingerprint density at radius 2 is 1.87 bits per heavy atom. The van der Waals surface area contributed by atoms with Crippen LogP contribution >= 0.6 is 11.6 Å². The quantitative estimate of drug-likeness (QED) is 0.517. The molecule has 1 amide bonds. The van der Waals surface area contributed by atoms with E-state index in [1.807, 2.05) is 0 Å². The molecule has 174 valence electrons. The molecule has 0 radical (unpaired) electrons. The number of amides is 1. The monoisotopic (exact) mass is 452 g/mol. The molecule has 0 bridgehead atoms. The summed E-state index contributed by atoms with van der Waals surface area (Å²) in [7, 11) is 0. The molecule has 0 saturated heterocycles. The number of guanidine groups is 1. The number of alkyl halides is 2. The number of aliphatic imine (C=N–C) groups is 1. The minimum absolute atomic E-state index is 0.0518. The maximum atomic E-state index is 13.9. The Labute approximate surface area is 190 Å². The lowest BCUT2D eigenvalue weighted by Crippen LogP contribution is -2.47. The lowest BCUT2D eigenvalue weighted by Gasteiger charge is -2.42. The molecule has 0 aromatic heterocycles. The fraction of sp³-hybridized carbons (Fsp3) is 0.917. The predicted molar refractivity (Wildman–Crippen MR) is 122 cm³/mol. The standard InChI is InChI=1S/C24H38ClFN4O/c25-21-12-19(26)5-6-20(21)17-9-14(13-29-24-27-7-8-28-24)10-18(11-17)23(31)30-22(15-1-2-15)16-3-4-16/h14-22H,1-13H2,(H,30,31)(H2,27,28,29). The third kappa shape index (κ3) is 5.48. The fourth-order valence-electron chi connectivity index (χ4n) is 6.41. The Balaban J connectivity index is 1.24. The van der Waals surface area contributed by atoms with E-state index in [-0.39, 0.29) is 17.2 Å². The molecule has 3 N–H and O–H groups in total. The normalized spacial score (nSPS) is 38.5. The van der Waals surface area contributed by atoms with Gasteiger partial charge in [0.2, 0.25) is 5.91 Å². The molecule has 5 nitrogen and oxygen atoms in total. The third-order valence-electron chi connectivity index (χ3n) is 8.38. The SMILES string of the molecule is O=C(NC(C1CC1)C1CC1)C1CC(CNC2=NCCN2)CC(C2CCC(F)CC2Cl)C1. The zero-order chi connectivity index (χ0) is 21.4. The van der Waals surface area contributed by atoms with Gasteiger partial charge in [-0.15, -0.1) is 11.6 Å². The van der Waals surface area contributed by atoms with Crippen LogP contribution in [0.15, 0.2) is 4.99 Å². The largest absolute Gasteiger partial charge is 0.356 e. The summed E-state index contributed by atoms with van der Waals surface area (Å²) in [5.74, 6) is 3.79. The molecule has 4 fully saturated rings. The molecule has 4 aliphatic carbocycles. The predicted octanol–water partition coefficient (Wildman–Crippen LogP) is 3.62. The molecule has 1 aliphatic heterocycles. The lowest BCUT2D eigenvalue weighted by atomic mass is 9.66. The smallest absolute Gasteiger partial charge is 0.223 e. The van der Waals surface area contributed by atoms with Crippen molar-refractivity contribution in [3.63, 3.8) is 0 Å². The Morgan fingerprint density at radius 3 is 2.52 bits per heavy atom. The maximum Gasteiger partial charge on any atom is 0.223 e. The molecule has 5 rings (SSSR count). The van der Waals surface area contributed by atoms with Crippen molar-refractivity contribution < 1.29 is 9.18 Å². The van der Waals surface area contributed by atoms with Crippen LogP contribution in [0, 0.1) is 35.5 Å². The third-order valence-corrected chi connectivity index (χ3v) is 8.88. The number of rotatable bonds is 7. The van der Waals surface area contributed by atoms with Gasteiger partial charge in [-0.1, -0.05) is 0 Å². The molecule has 1 heterocycles. The minimum atomic E-state index is -0.761. The van der Waals surface area contributed by atoms with Crippen LogP contribution in [-0.4, -0.2) is 49.1 Å². The Hall–Kier alpha value is -1.04. The first-order valence-electron chi connectivity index (χ1n) is 12.7. The Bertz CT molecular complexity index is 670. The number of hydrogen-bond acceptors (Lipinski definition) is 4. The van der Waals surface area contributed by atoms with Crippen LogP contribution in [0.3, 0.4) is 0 Å². The van der Waals surface area contributed by atoms with E-state index >= 15 is 0 Å². The summed E-state index contributed by atoms with van der Waals surface area (Å²) in [6, 6.07) is 0.407. The van der Waals surface area contributed by atoms with Crippen molar-refractivity contribution in [1.82, 2.24) is 16.0 Å². The average Bonchev–Trinajstić information content (AvgIpc) is 3.69. The van der Waals surface area contributed by atoms with Gasteiger partial charge in [-0.2, -0.15) is 0 Å². The first-order valence-corrected chi connectivity index (χ1v) is 13.1. The topological polar surface area (TPSA) is 65.5 Å². The number of carbonyl (C=O) groups excluding carboxylic acids is 1. The van der Waals surface area contributed by atoms with E-state index in [1.165, 1.54) is 25.7 Å². The highest BCUT2D eigenvalue weighted by molar-refractivity contribution is 6.20. The molecule has 0 aromatic carbocycles. The Kier molecular flexibility index (Phi) is 6.64. The maximum absolute atomic E-state index is 13.9. The van der Waals surface area contributed by atoms with Crippen LogP contribution in [0.25, 0.3) is 0 Å². The second kappa shape index (κ2) is 9.44. The zero-order valence-corrected chi connectivity index (χ0v) is 19.3. The van der Waals surface area contributed by atoms with Gasteiger partial charge in [0.1, 0.15) is 6.17 Å². The number of halogens is 2. The minimum Gasteiger partial charge on any atom is -0.356 e. The van der Waals surface area contributed by atoms with E-state index in [4.69, 9.17) is 11.6 Å². The molecule has 5 aliphatic rings. The van der Waals surface area contributed by atoms with Crippen molar-refractivity contribution in [2.75, 3.05) is 19.6 Å². The van der Waals surface area contributed by atoms with Crippen LogP contribution in [0.1, 0.15) is 64.2 Å². The highest BCUT2D eigenvalue weighted by atomic mass is 35.5. The van der Waals surface area contributed by atoms with Gasteiger partial charge in [0.05, 0.1) is 6.54 Å². The molecular formula is C24H38ClFN4O. The van der Waals surface area contributed by atoms with E-state index in [2.05, 4.69) is 20.9 Å². The van der Waals surface area contributed by atoms with E-state index in [0.717, 1.165) is 51.3 Å². The van der Waals surface area contributed by atoms with E-state index in [1.54, 1.807) is 0 Å². The van der Waals surface area contributed by atoms with Gasteiger partial charge in [0, 0.05) is 30.4 Å². The van der Waals surface area contributed by atoms with Crippen LogP contribution in [0.5, 0.6) is 0 Å². The van der Waals surface area contributed by atoms with Gasteiger partial charge in [0.25, 0.3) is 0 Å². The molecule has 7 heteroatoms. The number of nitrogens with one attached hydrogen (secondary N) is 3. The summed E-state index contributed by atoms with van der Waals surface area (Å²) in [5, 5.41) is 10.1. The van der Waals surface area contributed by atoms with Gasteiger partial charge in [-0.05, 0) is 93.8 Å². The summed E-state index contributed by atoms with van der Waals surface area (Å²) >= 11 is 6.67. The number of hydrogen-bond donors (Lipinski definition) is 3. The van der Waals surface area contributed by atoms with Crippen molar-refractivity contribution in [3.8, 4) is 0 Å². The summed E-state index contributed by atoms with van der Waals surface area (Å²) in [6.07, 6.45) is 9.19. The van der Waals surface area contributed by atoms with Gasteiger partial charge in [0.15, 0.2) is 5.96 Å². The van der Waals surface area contributed by atoms with Gasteiger partial charge < -0.3 is 16.0 Å². The van der Waals surface area contributed by atoms with Crippen molar-refractivity contribution in [1.29, 1.82) is 0 Å². The van der Waals surface area contributed by atoms with Gasteiger partial charge in [-0.25, -0.2) is 4.39 Å². The zero-order valence-electron chi connectivity index (χ0n) is 18.5. The molecule has 0 aromatic rings. The molecular weight excluding hydrogens is 415 g/mol. The van der Waals surface area contributed by atoms with Crippen LogP contribution in [0.2, 0.25) is 0 Å². The average molecular weight is 453 g/mol. The fourth-order valence-corrected chi connectivity index (χ4v) is 6.93. The van der Waals surface area contributed by atoms with Gasteiger partial charge >= 0.3 is 0 Å². The van der Waals surface area contributed by atoms with Crippen molar-refractivity contribution in [2.45, 2.75) is 81.8 Å². The van der Waals surface area contributed by atoms with E-state index in [9.17, 15) is 9.18 Å². The van der Waals surface area contributed by atoms with Crippen LogP contribution in [0.4, 0.5) is 4.39 Å². The van der Waals surface area contributed by atoms with Crippen molar-refractivity contribution in [3.05, 3.63) is 0 Å². The van der Waals surface area contributed by atoms with E-state index in [0.29, 0.717) is 48.5 Å². The second-order valence-corrected chi connectivity index (χ2v) is 11.4. The lowest BCUT2D eigenvalue weighted by molar-refractivity contribution is -0.128. The Morgan fingerprint density at radius 1 is 1.10 bits per heavy atom. The van der Waals surface area contributed by atoms with E-state index < -0.39 is 6.17 Å². The molecule has 4 saturated carbocycles. The number of carbonyl (C=O) groups is 1. The molecule has 6 atom stereocenters. The summed E-state index contributed by atoms with van der Waals surface area (Å²) in [4.78, 5) is 17.8. The second-order valence-electron chi connectivity index (χ2n) is 10.9. The van der Waals surface area contributed by atoms with Crippen LogP contribution < -0.4 is 16.0 Å². The van der Waals surface area contributed by atoms with Crippen molar-refractivity contribution >= 4 is 23.5 Å². The highest BCUT2D eigenvalue weighted by Crippen LogP contribution is 2.47. The summed E-state index contributed by atoms with van der Waals surface area (Å²) in [6.45, 7) is 2.56. The van der Waals surface area contributed by atoms with Gasteiger partial charge in [-0.3, -0.25) is 9.79 Å². The van der Waals surface area contributed by atoms with Crippen molar-refractivity contribution in [2.24, 2.45) is 40.5 Å². The first-order chi connectivity index (χ1) is 15.1. The highest BCUT2D eigenvalue weighted by Gasteiger charge is 2.45. The first kappa shape index (κ1) is 21.8. The van der Waals surface area contributed by atoms with Crippen LogP contribution in [-0.2, 0) is 4.79 Å². The number of nitrogens with zero attached hydrogens (tertiary/aromatic N) is 1. The molecule has 0 spiro atoms. The molecule has 31 heavy (non-hydrogen) atoms. The summed E-state index contributed by atoms with van der Waals surface area (Å²) in [5.41, 5.74) is 0. The molecule has 6 unspecified atom stereocenters. The summed E-state index contributed by atoms with van der Waals surface area (Å²) < 4.78 is 13.9.